The molecule has 2 aromatic rings. The maximum Gasteiger partial charge on any atom is 0.327 e. The van der Waals surface area contributed by atoms with E-state index in [9.17, 15) is 18.3 Å². The minimum absolute atomic E-state index is 0.184. The Morgan fingerprint density at radius 3 is 2.77 bits per heavy atom. The van der Waals surface area contributed by atoms with E-state index in [1.807, 2.05) is 13.8 Å². The number of aliphatic carboxylic acids is 1. The van der Waals surface area contributed by atoms with E-state index in [0.29, 0.717) is 17.3 Å². The van der Waals surface area contributed by atoms with Crippen LogP contribution in [0.1, 0.15) is 24.8 Å². The van der Waals surface area contributed by atoms with Crippen molar-refractivity contribution >= 4 is 27.3 Å². The molecule has 0 fully saturated rings. The van der Waals surface area contributed by atoms with Crippen molar-refractivity contribution in [1.29, 1.82) is 0 Å². The molecule has 2 heterocycles. The predicted octanol–water partition coefficient (Wildman–Crippen LogP) is 1.70. The van der Waals surface area contributed by atoms with Crippen LogP contribution in [0, 0.1) is 5.92 Å². The first-order valence-corrected chi connectivity index (χ1v) is 8.96. The topological polar surface area (TPSA) is 101 Å². The second kappa shape index (κ2) is 6.59. The first-order valence-electron chi connectivity index (χ1n) is 6.60. The maximum absolute atomic E-state index is 12.3. The van der Waals surface area contributed by atoms with E-state index < -0.39 is 22.0 Å². The van der Waals surface area contributed by atoms with Gasteiger partial charge in [-0.2, -0.15) is 4.72 Å². The molecule has 0 aliphatic rings. The highest BCUT2D eigenvalue weighted by molar-refractivity contribution is 7.89. The van der Waals surface area contributed by atoms with Gasteiger partial charge in [-0.1, -0.05) is 19.9 Å². The fraction of sp³-hybridized carbons (Fsp3) is 0.385. The van der Waals surface area contributed by atoms with Gasteiger partial charge in [0.2, 0.25) is 0 Å². The van der Waals surface area contributed by atoms with Gasteiger partial charge >= 0.3 is 5.97 Å². The summed E-state index contributed by atoms with van der Waals surface area (Å²) in [6.45, 7) is 4.64. The lowest BCUT2D eigenvalue weighted by atomic mass is 10.2. The molecular formula is C13H17N3O4S2. The number of aromatic nitrogens is 2. The summed E-state index contributed by atoms with van der Waals surface area (Å²) >= 11 is 1.18. The number of hydrogen-bond donors (Lipinski definition) is 2. The third-order valence-electron chi connectivity index (χ3n) is 2.81. The number of carboxylic acids is 1. The number of carboxylic acid groups (broad SMARTS) is 1. The molecule has 2 rings (SSSR count). The first-order chi connectivity index (χ1) is 10.3. The molecule has 1 unspecified atom stereocenters. The number of nitrogens with one attached hydrogen (secondary N) is 1. The van der Waals surface area contributed by atoms with Gasteiger partial charge in [0, 0.05) is 17.6 Å². The molecule has 0 aliphatic carbocycles. The van der Waals surface area contributed by atoms with Crippen LogP contribution in [-0.4, -0.2) is 29.0 Å². The van der Waals surface area contributed by atoms with Crippen molar-refractivity contribution < 1.29 is 18.3 Å². The molecule has 1 atom stereocenters. The Hall–Kier alpha value is -1.71. The van der Waals surface area contributed by atoms with Crippen molar-refractivity contribution in [1.82, 2.24) is 14.3 Å². The molecule has 2 aromatic heterocycles. The number of imidazole rings is 1. The van der Waals surface area contributed by atoms with Crippen LogP contribution >= 0.6 is 11.3 Å². The second-order valence-electron chi connectivity index (χ2n) is 5.21. The summed E-state index contributed by atoms with van der Waals surface area (Å²) < 4.78 is 28.4. The summed E-state index contributed by atoms with van der Waals surface area (Å²) in [4.78, 5) is 15.6. The van der Waals surface area contributed by atoms with Crippen molar-refractivity contribution in [3.8, 4) is 0 Å². The normalized spacial score (nSPS) is 13.4. The fourth-order valence-corrected chi connectivity index (χ4v) is 3.86. The van der Waals surface area contributed by atoms with Gasteiger partial charge < -0.3 is 9.67 Å². The van der Waals surface area contributed by atoms with Gasteiger partial charge in [0.1, 0.15) is 0 Å². The fourth-order valence-electron chi connectivity index (χ4n) is 1.90. The minimum atomic E-state index is -4.00. The summed E-state index contributed by atoms with van der Waals surface area (Å²) in [6.07, 6.45) is 2.82. The molecule has 0 amide bonds. The lowest BCUT2D eigenvalue weighted by molar-refractivity contribution is -0.139. The van der Waals surface area contributed by atoms with Crippen LogP contribution in [0.2, 0.25) is 0 Å². The first kappa shape index (κ1) is 16.7. The van der Waals surface area contributed by atoms with Gasteiger partial charge in [-0.25, -0.2) is 13.4 Å². The van der Waals surface area contributed by atoms with Crippen molar-refractivity contribution in [3.63, 3.8) is 0 Å². The Morgan fingerprint density at radius 2 is 2.23 bits per heavy atom. The summed E-state index contributed by atoms with van der Waals surface area (Å²) in [5, 5.41) is 10.7. The highest BCUT2D eigenvalue weighted by Gasteiger charge is 2.29. The highest BCUT2D eigenvalue weighted by atomic mass is 32.2. The molecule has 0 saturated heterocycles. The molecule has 0 radical (unpaired) electrons. The van der Waals surface area contributed by atoms with Crippen molar-refractivity contribution in [2.24, 2.45) is 5.92 Å². The van der Waals surface area contributed by atoms with Gasteiger partial charge in [-0.05, 0) is 17.4 Å². The van der Waals surface area contributed by atoms with E-state index in [2.05, 4.69) is 9.71 Å². The highest BCUT2D eigenvalue weighted by Crippen LogP contribution is 2.21. The Balaban J connectivity index is 2.22. The van der Waals surface area contributed by atoms with E-state index in [4.69, 9.17) is 0 Å². The van der Waals surface area contributed by atoms with Crippen LogP contribution in [0.25, 0.3) is 0 Å². The summed E-state index contributed by atoms with van der Waals surface area (Å²) in [5.74, 6) is -0.914. The molecular weight excluding hydrogens is 326 g/mol. The summed E-state index contributed by atoms with van der Waals surface area (Å²) in [7, 11) is -4.00. The molecule has 0 aliphatic heterocycles. The standard InChI is InChI=1S/C13H17N3O4S2/c1-9(2)6-16-7-11(14-8-16)22(19,20)15-12(13(17)18)10-4-3-5-21-10/h3-5,7-9,12,15H,6H2,1-2H3,(H,17,18). The number of thiophene rings is 1. The monoisotopic (exact) mass is 343 g/mol. The minimum Gasteiger partial charge on any atom is -0.480 e. The average Bonchev–Trinajstić information content (AvgIpc) is 3.05. The third-order valence-corrected chi connectivity index (χ3v) is 5.05. The molecule has 7 nitrogen and oxygen atoms in total. The Bertz CT molecular complexity index is 735. The Morgan fingerprint density at radius 1 is 1.50 bits per heavy atom. The molecule has 0 saturated carbocycles. The SMILES string of the molecule is CC(C)Cn1cnc(S(=O)(=O)NC(C(=O)O)c2cccs2)c1. The van der Waals surface area contributed by atoms with Crippen LogP contribution in [0.15, 0.2) is 35.1 Å². The second-order valence-corrected chi connectivity index (χ2v) is 7.85. The predicted molar refractivity (Wildman–Crippen MR) is 82.1 cm³/mol. The van der Waals surface area contributed by atoms with Crippen LogP contribution in [0.3, 0.4) is 0 Å². The Kier molecular flexibility index (Phi) is 4.99. The van der Waals surface area contributed by atoms with Gasteiger partial charge in [-0.15, -0.1) is 11.3 Å². The number of sulfonamides is 1. The average molecular weight is 343 g/mol. The van der Waals surface area contributed by atoms with Gasteiger partial charge in [0.05, 0.1) is 6.33 Å². The molecule has 9 heteroatoms. The zero-order valence-corrected chi connectivity index (χ0v) is 13.8. The molecule has 0 spiro atoms. The van der Waals surface area contributed by atoms with E-state index >= 15 is 0 Å². The molecule has 0 aromatic carbocycles. The summed E-state index contributed by atoms with van der Waals surface area (Å²) in [6, 6.07) is 1.92. The lowest BCUT2D eigenvalue weighted by Gasteiger charge is -2.12. The molecule has 120 valence electrons. The van der Waals surface area contributed by atoms with Crippen molar-refractivity contribution in [3.05, 3.63) is 34.9 Å². The summed E-state index contributed by atoms with van der Waals surface area (Å²) in [5.41, 5.74) is 0. The van der Waals surface area contributed by atoms with Crippen LogP contribution in [-0.2, 0) is 21.4 Å². The zero-order valence-electron chi connectivity index (χ0n) is 12.1. The number of nitrogens with zero attached hydrogens (tertiary/aromatic N) is 2. The van der Waals surface area contributed by atoms with Crippen molar-refractivity contribution in [2.45, 2.75) is 31.5 Å². The third kappa shape index (κ3) is 3.93. The van der Waals surface area contributed by atoms with E-state index in [0.717, 1.165) is 0 Å². The van der Waals surface area contributed by atoms with Crippen molar-refractivity contribution in [2.75, 3.05) is 0 Å². The van der Waals surface area contributed by atoms with E-state index in [1.165, 1.54) is 23.9 Å². The van der Waals surface area contributed by atoms with Crippen LogP contribution < -0.4 is 4.72 Å². The quantitative estimate of drug-likeness (QED) is 0.797. The van der Waals surface area contributed by atoms with Gasteiger partial charge in [0.15, 0.2) is 11.1 Å². The molecule has 0 bridgehead atoms. The number of carbonyl (C=O) groups is 1. The largest absolute Gasteiger partial charge is 0.480 e. The van der Waals surface area contributed by atoms with Gasteiger partial charge in [0.25, 0.3) is 10.0 Å². The number of hydrogen-bond acceptors (Lipinski definition) is 5. The van der Waals surface area contributed by atoms with Crippen LogP contribution in [0.4, 0.5) is 0 Å². The number of rotatable bonds is 7. The molecule has 22 heavy (non-hydrogen) atoms. The maximum atomic E-state index is 12.3. The van der Waals surface area contributed by atoms with E-state index in [-0.39, 0.29) is 5.03 Å². The smallest absolute Gasteiger partial charge is 0.327 e. The zero-order chi connectivity index (χ0) is 16.3. The van der Waals surface area contributed by atoms with E-state index in [1.54, 1.807) is 22.1 Å². The Labute approximate surface area is 132 Å². The van der Waals surface area contributed by atoms with Gasteiger partial charge in [-0.3, -0.25) is 4.79 Å². The molecule has 2 N–H and O–H groups in total. The lowest BCUT2D eigenvalue weighted by Crippen LogP contribution is -2.33. The van der Waals surface area contributed by atoms with Crippen LogP contribution in [0.5, 0.6) is 0 Å².